The van der Waals surface area contributed by atoms with Gasteiger partial charge in [-0.2, -0.15) is 0 Å². The number of anilines is 1. The zero-order valence-electron chi connectivity index (χ0n) is 13.1. The molecule has 0 bridgehead atoms. The van der Waals surface area contributed by atoms with E-state index >= 15 is 0 Å². The van der Waals surface area contributed by atoms with Crippen LogP contribution >= 0.6 is 11.3 Å². The number of imide groups is 1. The minimum absolute atomic E-state index is 0.206. The molecule has 6 heteroatoms. The number of thiophene rings is 1. The number of benzene rings is 1. The maximum Gasteiger partial charge on any atom is 0.265 e. The van der Waals surface area contributed by atoms with Crippen molar-refractivity contribution in [1.82, 2.24) is 4.90 Å². The normalized spacial score (nSPS) is 13.4. The molecule has 0 aliphatic carbocycles. The van der Waals surface area contributed by atoms with Crippen molar-refractivity contribution in [2.45, 2.75) is 20.3 Å². The van der Waals surface area contributed by atoms with E-state index in [0.29, 0.717) is 21.7 Å². The largest absolute Gasteiger partial charge is 0.321 e. The van der Waals surface area contributed by atoms with Gasteiger partial charge in [-0.25, -0.2) is 0 Å². The van der Waals surface area contributed by atoms with Crippen LogP contribution in [-0.2, 0) is 6.42 Å². The Morgan fingerprint density at radius 3 is 2.52 bits per heavy atom. The molecule has 1 aliphatic rings. The highest BCUT2D eigenvalue weighted by Gasteiger charge is 2.32. The molecule has 118 valence electrons. The van der Waals surface area contributed by atoms with E-state index in [9.17, 15) is 14.4 Å². The lowest BCUT2D eigenvalue weighted by atomic mass is 10.1. The lowest BCUT2D eigenvalue weighted by Crippen LogP contribution is -2.24. The fraction of sp³-hybridized carbons (Fsp3) is 0.235. The number of carbonyl (C=O) groups is 3. The summed E-state index contributed by atoms with van der Waals surface area (Å²) in [4.78, 5) is 39.1. The first kappa shape index (κ1) is 15.4. The molecule has 3 amide bonds. The van der Waals surface area contributed by atoms with Gasteiger partial charge in [0.1, 0.15) is 0 Å². The van der Waals surface area contributed by atoms with Gasteiger partial charge in [0, 0.05) is 17.6 Å². The predicted octanol–water partition coefficient (Wildman–Crippen LogP) is 3.10. The van der Waals surface area contributed by atoms with Crippen LogP contribution in [0.4, 0.5) is 5.69 Å². The first-order chi connectivity index (χ1) is 10.9. The first-order valence-corrected chi connectivity index (χ1v) is 8.11. The van der Waals surface area contributed by atoms with Crippen LogP contribution in [0.3, 0.4) is 0 Å². The van der Waals surface area contributed by atoms with Crippen molar-refractivity contribution in [3.63, 3.8) is 0 Å². The second kappa shape index (κ2) is 5.62. The molecular formula is C17H16N2O3S. The maximum atomic E-state index is 12.3. The van der Waals surface area contributed by atoms with Crippen LogP contribution in [0.2, 0.25) is 0 Å². The third kappa shape index (κ3) is 2.55. The van der Waals surface area contributed by atoms with Gasteiger partial charge in [0.25, 0.3) is 17.7 Å². The third-order valence-corrected chi connectivity index (χ3v) is 5.29. The van der Waals surface area contributed by atoms with Gasteiger partial charge in [0.2, 0.25) is 0 Å². The van der Waals surface area contributed by atoms with Crippen molar-refractivity contribution >= 4 is 34.7 Å². The van der Waals surface area contributed by atoms with Gasteiger partial charge in [-0.15, -0.1) is 11.3 Å². The van der Waals surface area contributed by atoms with Crippen LogP contribution < -0.4 is 5.32 Å². The summed E-state index contributed by atoms with van der Waals surface area (Å²) in [5.74, 6) is -0.867. The predicted molar refractivity (Wildman–Crippen MR) is 89.3 cm³/mol. The van der Waals surface area contributed by atoms with Crippen LogP contribution in [0.5, 0.6) is 0 Å². The fourth-order valence-electron chi connectivity index (χ4n) is 2.61. The van der Waals surface area contributed by atoms with Crippen molar-refractivity contribution in [3.8, 4) is 0 Å². The summed E-state index contributed by atoms with van der Waals surface area (Å²) in [6.07, 6.45) is 0.894. The zero-order valence-corrected chi connectivity index (χ0v) is 13.9. The van der Waals surface area contributed by atoms with Gasteiger partial charge in [0.05, 0.1) is 16.0 Å². The molecule has 0 radical (unpaired) electrons. The van der Waals surface area contributed by atoms with Crippen molar-refractivity contribution in [2.75, 3.05) is 12.4 Å². The van der Waals surface area contributed by atoms with Gasteiger partial charge in [-0.3, -0.25) is 19.3 Å². The van der Waals surface area contributed by atoms with Gasteiger partial charge >= 0.3 is 0 Å². The Morgan fingerprint density at radius 2 is 1.87 bits per heavy atom. The Labute approximate surface area is 137 Å². The van der Waals surface area contributed by atoms with E-state index in [1.54, 1.807) is 18.2 Å². The summed E-state index contributed by atoms with van der Waals surface area (Å²) in [5, 5.41) is 2.79. The minimum Gasteiger partial charge on any atom is -0.321 e. The average Bonchev–Trinajstić information content (AvgIpc) is 3.02. The summed E-state index contributed by atoms with van der Waals surface area (Å²) >= 11 is 1.47. The number of fused-ring (bicyclic) bond motifs is 1. The standard InChI is InChI=1S/C17H16N2O3S/c1-4-13-9(2)7-14(23-13)15(20)18-10-5-6-11-12(8-10)17(22)19(3)16(11)21/h5-8H,4H2,1-3H3,(H,18,20). The fourth-order valence-corrected chi connectivity index (χ4v) is 3.62. The van der Waals surface area contributed by atoms with E-state index in [4.69, 9.17) is 0 Å². The van der Waals surface area contributed by atoms with Gasteiger partial charge < -0.3 is 5.32 Å². The molecule has 0 saturated heterocycles. The van der Waals surface area contributed by atoms with Crippen LogP contribution in [0.15, 0.2) is 24.3 Å². The monoisotopic (exact) mass is 328 g/mol. The number of hydrogen-bond donors (Lipinski definition) is 1. The molecule has 3 rings (SSSR count). The van der Waals surface area contributed by atoms with E-state index in [-0.39, 0.29) is 17.7 Å². The average molecular weight is 328 g/mol. The first-order valence-electron chi connectivity index (χ1n) is 7.29. The van der Waals surface area contributed by atoms with Gasteiger partial charge in [0.15, 0.2) is 0 Å². The summed E-state index contributed by atoms with van der Waals surface area (Å²) in [7, 11) is 1.45. The number of rotatable bonds is 3. The highest BCUT2D eigenvalue weighted by atomic mass is 32.1. The molecule has 1 aromatic heterocycles. The van der Waals surface area contributed by atoms with Crippen molar-refractivity contribution < 1.29 is 14.4 Å². The summed E-state index contributed by atoms with van der Waals surface area (Å²) < 4.78 is 0. The van der Waals surface area contributed by atoms with E-state index in [2.05, 4.69) is 12.2 Å². The summed E-state index contributed by atoms with van der Waals surface area (Å²) in [6, 6.07) is 6.64. The van der Waals surface area contributed by atoms with Gasteiger partial charge in [-0.05, 0) is 43.2 Å². The smallest absolute Gasteiger partial charge is 0.265 e. The van der Waals surface area contributed by atoms with Crippen molar-refractivity contribution in [3.05, 3.63) is 50.7 Å². The molecule has 1 aromatic carbocycles. The molecule has 0 atom stereocenters. The molecule has 0 spiro atoms. The lowest BCUT2D eigenvalue weighted by molar-refractivity contribution is 0.0692. The second-order valence-electron chi connectivity index (χ2n) is 5.45. The Morgan fingerprint density at radius 1 is 1.17 bits per heavy atom. The number of amides is 3. The van der Waals surface area contributed by atoms with E-state index in [0.717, 1.165) is 16.9 Å². The lowest BCUT2D eigenvalue weighted by Gasteiger charge is -2.05. The van der Waals surface area contributed by atoms with E-state index in [1.165, 1.54) is 23.3 Å². The van der Waals surface area contributed by atoms with E-state index < -0.39 is 0 Å². The molecule has 0 fully saturated rings. The SMILES string of the molecule is CCc1sc(C(=O)Nc2ccc3c(c2)C(=O)N(C)C3=O)cc1C. The Bertz CT molecular complexity index is 838. The summed E-state index contributed by atoms with van der Waals surface area (Å²) in [6.45, 7) is 4.04. The molecule has 2 heterocycles. The second-order valence-corrected chi connectivity index (χ2v) is 6.59. The highest BCUT2D eigenvalue weighted by molar-refractivity contribution is 7.14. The minimum atomic E-state index is -0.346. The molecular weight excluding hydrogens is 312 g/mol. The van der Waals surface area contributed by atoms with Crippen LogP contribution in [0.25, 0.3) is 0 Å². The van der Waals surface area contributed by atoms with Crippen molar-refractivity contribution in [1.29, 1.82) is 0 Å². The highest BCUT2D eigenvalue weighted by Crippen LogP contribution is 2.26. The van der Waals surface area contributed by atoms with Crippen LogP contribution in [0, 0.1) is 6.92 Å². The zero-order chi connectivity index (χ0) is 16.7. The Balaban J connectivity index is 1.85. The van der Waals surface area contributed by atoms with Gasteiger partial charge in [-0.1, -0.05) is 6.92 Å². The molecule has 5 nitrogen and oxygen atoms in total. The van der Waals surface area contributed by atoms with Crippen LogP contribution in [-0.4, -0.2) is 29.7 Å². The number of carbonyl (C=O) groups excluding carboxylic acids is 3. The molecule has 23 heavy (non-hydrogen) atoms. The molecule has 1 N–H and O–H groups in total. The molecule has 0 unspecified atom stereocenters. The number of aryl methyl sites for hydroxylation is 2. The quantitative estimate of drug-likeness (QED) is 0.881. The summed E-state index contributed by atoms with van der Waals surface area (Å²) in [5.41, 5.74) is 2.32. The maximum absolute atomic E-state index is 12.3. The van der Waals surface area contributed by atoms with Crippen molar-refractivity contribution in [2.24, 2.45) is 0 Å². The number of hydrogen-bond acceptors (Lipinski definition) is 4. The molecule has 2 aromatic rings. The number of nitrogens with one attached hydrogen (secondary N) is 1. The van der Waals surface area contributed by atoms with E-state index in [1.807, 2.05) is 13.0 Å². The third-order valence-electron chi connectivity index (χ3n) is 3.91. The Kier molecular flexibility index (Phi) is 3.77. The van der Waals surface area contributed by atoms with Crippen LogP contribution in [0.1, 0.15) is 47.8 Å². The molecule has 1 aliphatic heterocycles. The molecule has 0 saturated carbocycles. The Hall–Kier alpha value is -2.47. The number of nitrogens with zero attached hydrogens (tertiary/aromatic N) is 1. The topological polar surface area (TPSA) is 66.5 Å².